The molecule has 3 aromatic heterocycles. The van der Waals surface area contributed by atoms with E-state index in [1.54, 1.807) is 0 Å². The largest absolute Gasteiger partial charge is 0.238 e. The third-order valence-electron chi connectivity index (χ3n) is 6.75. The maximum atomic E-state index is 4.98. The van der Waals surface area contributed by atoms with Crippen molar-refractivity contribution in [2.24, 2.45) is 0 Å². The number of hydrogen-bond acceptors (Lipinski definition) is 6. The van der Waals surface area contributed by atoms with Gasteiger partial charge in [-0.25, -0.2) is 14.0 Å². The molecule has 0 fully saturated rings. The predicted octanol–water partition coefficient (Wildman–Crippen LogP) is 7.12. The second-order valence-electron chi connectivity index (χ2n) is 9.46. The number of rotatable bonds is 9. The Balaban J connectivity index is 1.42. The van der Waals surface area contributed by atoms with E-state index in [1.807, 2.05) is 69.0 Å². The highest BCUT2D eigenvalue weighted by molar-refractivity contribution is 7.79. The fraction of sp³-hybridized carbons (Fsp3) is 0.129. The standard InChI is InChI=1S/C31H28N6S3/c38-19-22-4-1-7-25(16-22)28-10-13-35(32-28)31(36-14-11-29(33-36)26-8-2-5-23(17-26)20-39)37-15-12-30(34-37)27-9-3-6-24(18-27)21-40/h1-18,31,38-40H,19-21H2. The van der Waals surface area contributed by atoms with E-state index in [2.05, 4.69) is 92.5 Å². The van der Waals surface area contributed by atoms with Gasteiger partial charge in [0.25, 0.3) is 0 Å². The molecule has 0 spiro atoms. The van der Waals surface area contributed by atoms with Crippen LogP contribution in [0.4, 0.5) is 0 Å². The van der Waals surface area contributed by atoms with Crippen molar-refractivity contribution in [2.75, 3.05) is 0 Å². The van der Waals surface area contributed by atoms with E-state index in [-0.39, 0.29) is 0 Å². The molecule has 6 aromatic rings. The number of hydrogen-bond donors (Lipinski definition) is 3. The molecule has 3 aromatic carbocycles. The maximum absolute atomic E-state index is 4.98. The number of aromatic nitrogens is 6. The molecule has 6 nitrogen and oxygen atoms in total. The first kappa shape index (κ1) is 26.6. The molecule has 0 unspecified atom stereocenters. The van der Waals surface area contributed by atoms with E-state index in [4.69, 9.17) is 15.3 Å². The van der Waals surface area contributed by atoms with E-state index in [0.717, 1.165) is 50.5 Å². The van der Waals surface area contributed by atoms with Gasteiger partial charge in [0, 0.05) is 52.5 Å². The molecule has 200 valence electrons. The topological polar surface area (TPSA) is 53.5 Å². The lowest BCUT2D eigenvalue weighted by atomic mass is 10.1. The Morgan fingerprint density at radius 1 is 0.475 bits per heavy atom. The minimum Gasteiger partial charge on any atom is -0.227 e. The van der Waals surface area contributed by atoms with Crippen LogP contribution >= 0.6 is 37.9 Å². The normalized spacial score (nSPS) is 11.4. The molecule has 0 aliphatic heterocycles. The first-order valence-electron chi connectivity index (χ1n) is 12.9. The summed E-state index contributed by atoms with van der Waals surface area (Å²) in [5, 5.41) is 14.9. The van der Waals surface area contributed by atoms with Gasteiger partial charge in [-0.3, -0.25) is 0 Å². The summed E-state index contributed by atoms with van der Waals surface area (Å²) in [5.41, 5.74) is 9.17. The Morgan fingerprint density at radius 2 is 0.800 bits per heavy atom. The van der Waals surface area contributed by atoms with Crippen LogP contribution in [0.25, 0.3) is 33.8 Å². The molecule has 0 radical (unpaired) electrons. The van der Waals surface area contributed by atoms with E-state index >= 15 is 0 Å². The van der Waals surface area contributed by atoms with Crippen LogP contribution in [0.15, 0.2) is 110 Å². The zero-order valence-electron chi connectivity index (χ0n) is 21.6. The zero-order chi connectivity index (χ0) is 27.5. The molecule has 3 heterocycles. The lowest BCUT2D eigenvalue weighted by Crippen LogP contribution is -2.27. The van der Waals surface area contributed by atoms with Crippen molar-refractivity contribution < 1.29 is 0 Å². The van der Waals surface area contributed by atoms with Gasteiger partial charge >= 0.3 is 0 Å². The van der Waals surface area contributed by atoms with Crippen LogP contribution in [-0.2, 0) is 17.3 Å². The minimum absolute atomic E-state index is 0.453. The van der Waals surface area contributed by atoms with Crippen molar-refractivity contribution in [1.82, 2.24) is 29.3 Å². The van der Waals surface area contributed by atoms with Crippen LogP contribution in [-0.4, -0.2) is 29.3 Å². The average molecular weight is 581 g/mol. The van der Waals surface area contributed by atoms with Crippen LogP contribution in [0.5, 0.6) is 0 Å². The van der Waals surface area contributed by atoms with Crippen molar-refractivity contribution in [2.45, 2.75) is 23.5 Å². The van der Waals surface area contributed by atoms with Crippen LogP contribution in [0, 0.1) is 0 Å². The highest BCUT2D eigenvalue weighted by Crippen LogP contribution is 2.26. The smallest absolute Gasteiger partial charge is 0.227 e. The fourth-order valence-corrected chi connectivity index (χ4v) is 5.30. The minimum atomic E-state index is -0.453. The Morgan fingerprint density at radius 3 is 1.10 bits per heavy atom. The molecule has 0 saturated carbocycles. The van der Waals surface area contributed by atoms with Gasteiger partial charge in [0.05, 0.1) is 17.1 Å². The molecule has 0 aliphatic rings. The Labute approximate surface area is 249 Å². The van der Waals surface area contributed by atoms with Crippen LogP contribution in [0.3, 0.4) is 0 Å². The molecular weight excluding hydrogens is 553 g/mol. The van der Waals surface area contributed by atoms with Crippen molar-refractivity contribution in [3.8, 4) is 33.8 Å². The zero-order valence-corrected chi connectivity index (χ0v) is 24.3. The molecule has 0 amide bonds. The molecule has 0 aliphatic carbocycles. The molecule has 0 atom stereocenters. The second-order valence-corrected chi connectivity index (χ2v) is 10.4. The molecule has 0 bridgehead atoms. The summed E-state index contributed by atoms with van der Waals surface area (Å²) in [6, 6.07) is 30.9. The monoisotopic (exact) mass is 580 g/mol. The van der Waals surface area contributed by atoms with Gasteiger partial charge < -0.3 is 0 Å². The van der Waals surface area contributed by atoms with Crippen molar-refractivity contribution >= 4 is 37.9 Å². The van der Waals surface area contributed by atoms with Crippen LogP contribution in [0.2, 0.25) is 0 Å². The van der Waals surface area contributed by atoms with Crippen LogP contribution in [0.1, 0.15) is 23.0 Å². The maximum Gasteiger partial charge on any atom is 0.238 e. The van der Waals surface area contributed by atoms with E-state index in [9.17, 15) is 0 Å². The highest BCUT2D eigenvalue weighted by atomic mass is 32.1. The van der Waals surface area contributed by atoms with Crippen molar-refractivity contribution in [3.63, 3.8) is 0 Å². The molecule has 0 saturated heterocycles. The molecule has 9 heteroatoms. The summed E-state index contributed by atoms with van der Waals surface area (Å²) in [4.78, 5) is 0. The molecule has 40 heavy (non-hydrogen) atoms. The quantitative estimate of drug-likeness (QED) is 0.160. The van der Waals surface area contributed by atoms with E-state index in [1.165, 1.54) is 0 Å². The van der Waals surface area contributed by atoms with Gasteiger partial charge in [-0.2, -0.15) is 53.2 Å². The number of benzene rings is 3. The van der Waals surface area contributed by atoms with Crippen molar-refractivity contribution in [1.29, 1.82) is 0 Å². The first-order valence-corrected chi connectivity index (χ1v) is 14.8. The van der Waals surface area contributed by atoms with E-state index in [0.29, 0.717) is 17.3 Å². The summed E-state index contributed by atoms with van der Waals surface area (Å²) < 4.78 is 5.68. The lowest BCUT2D eigenvalue weighted by Gasteiger charge is -2.19. The highest BCUT2D eigenvalue weighted by Gasteiger charge is 2.21. The second kappa shape index (κ2) is 11.8. The van der Waals surface area contributed by atoms with Gasteiger partial charge in [0.1, 0.15) is 0 Å². The van der Waals surface area contributed by atoms with Gasteiger partial charge in [-0.15, -0.1) is 0 Å². The van der Waals surface area contributed by atoms with Crippen LogP contribution < -0.4 is 0 Å². The Bertz CT molecular complexity index is 1550. The summed E-state index contributed by atoms with van der Waals surface area (Å²) in [6.45, 7) is 0. The van der Waals surface area contributed by atoms with Gasteiger partial charge in [-0.05, 0) is 53.1 Å². The van der Waals surface area contributed by atoms with Gasteiger partial charge in [0.2, 0.25) is 6.29 Å². The Hall–Kier alpha value is -3.66. The number of nitrogens with zero attached hydrogens (tertiary/aromatic N) is 6. The van der Waals surface area contributed by atoms with Gasteiger partial charge in [-0.1, -0.05) is 54.6 Å². The summed E-state index contributed by atoms with van der Waals surface area (Å²) in [5.74, 6) is 2.02. The summed E-state index contributed by atoms with van der Waals surface area (Å²) >= 11 is 13.3. The van der Waals surface area contributed by atoms with E-state index < -0.39 is 6.29 Å². The summed E-state index contributed by atoms with van der Waals surface area (Å²) in [7, 11) is 0. The third-order valence-corrected chi connectivity index (χ3v) is 7.85. The molecule has 6 rings (SSSR count). The SMILES string of the molecule is SCc1cccc(-c2ccn(C(n3ccc(-c4cccc(CS)c4)n3)n3ccc(-c4cccc(CS)c4)n3)n2)c1. The third kappa shape index (κ3) is 5.50. The predicted molar refractivity (Wildman–Crippen MR) is 171 cm³/mol. The Kier molecular flexibility index (Phi) is 7.86. The first-order chi connectivity index (χ1) is 19.6. The van der Waals surface area contributed by atoms with Crippen molar-refractivity contribution in [3.05, 3.63) is 126 Å². The average Bonchev–Trinajstić information content (AvgIpc) is 3.80. The number of thiol groups is 3. The summed E-state index contributed by atoms with van der Waals surface area (Å²) in [6.07, 6.45) is 5.46. The molecule has 0 N–H and O–H groups in total. The fourth-order valence-electron chi connectivity index (χ4n) is 4.71. The molecular formula is C31H28N6S3. The van der Waals surface area contributed by atoms with Gasteiger partial charge in [0.15, 0.2) is 0 Å². The lowest BCUT2D eigenvalue weighted by molar-refractivity contribution is 0.286.